The van der Waals surface area contributed by atoms with E-state index in [4.69, 9.17) is 16.3 Å². The number of rotatable bonds is 5. The van der Waals surface area contributed by atoms with Crippen molar-refractivity contribution in [2.45, 2.75) is 4.90 Å². The molecule has 3 amide bonds. The molecule has 0 unspecified atom stereocenters. The van der Waals surface area contributed by atoms with Crippen LogP contribution in [0.5, 0.6) is 0 Å². The van der Waals surface area contributed by atoms with Crippen molar-refractivity contribution < 1.29 is 23.5 Å². The van der Waals surface area contributed by atoms with Crippen LogP contribution >= 0.6 is 23.4 Å². The maximum absolute atomic E-state index is 13.4. The van der Waals surface area contributed by atoms with Gasteiger partial charge in [0.25, 0.3) is 5.91 Å². The van der Waals surface area contributed by atoms with Gasteiger partial charge in [-0.05, 0) is 36.6 Å². The van der Waals surface area contributed by atoms with Gasteiger partial charge in [-0.1, -0.05) is 23.7 Å². The number of amides is 3. The van der Waals surface area contributed by atoms with E-state index in [-0.39, 0.29) is 16.3 Å². The number of hydrogen-bond acceptors (Lipinski definition) is 5. The van der Waals surface area contributed by atoms with E-state index in [1.807, 2.05) is 11.6 Å². The first-order valence-electron chi connectivity index (χ1n) is 7.26. The highest BCUT2D eigenvalue weighted by atomic mass is 35.5. The van der Waals surface area contributed by atoms with Gasteiger partial charge >= 0.3 is 12.0 Å². The molecule has 0 aliphatic rings. The normalized spacial score (nSPS) is 10.1. The summed E-state index contributed by atoms with van der Waals surface area (Å²) in [4.78, 5) is 36.2. The number of esters is 1. The number of halogens is 2. The molecule has 9 heteroatoms. The van der Waals surface area contributed by atoms with Gasteiger partial charge in [0, 0.05) is 4.90 Å². The fourth-order valence-corrected chi connectivity index (χ4v) is 2.51. The molecule has 2 aromatic rings. The molecule has 0 atom stereocenters. The van der Waals surface area contributed by atoms with Crippen LogP contribution in [0, 0.1) is 5.82 Å². The predicted molar refractivity (Wildman–Crippen MR) is 97.1 cm³/mol. The van der Waals surface area contributed by atoms with Crippen molar-refractivity contribution in [3.63, 3.8) is 0 Å². The summed E-state index contributed by atoms with van der Waals surface area (Å²) < 4.78 is 18.3. The number of carbonyl (C=O) groups is 3. The molecule has 2 rings (SSSR count). The van der Waals surface area contributed by atoms with Crippen LogP contribution in [0.4, 0.5) is 14.9 Å². The highest BCUT2D eigenvalue weighted by Gasteiger charge is 2.16. The van der Waals surface area contributed by atoms with E-state index in [9.17, 15) is 18.8 Å². The van der Waals surface area contributed by atoms with Crippen molar-refractivity contribution in [3.8, 4) is 0 Å². The van der Waals surface area contributed by atoms with Gasteiger partial charge in [0.2, 0.25) is 0 Å². The van der Waals surface area contributed by atoms with E-state index in [1.165, 1.54) is 36.0 Å². The van der Waals surface area contributed by atoms with Gasteiger partial charge in [0.1, 0.15) is 5.82 Å². The van der Waals surface area contributed by atoms with Crippen molar-refractivity contribution in [2.75, 3.05) is 18.2 Å². The zero-order chi connectivity index (χ0) is 19.1. The van der Waals surface area contributed by atoms with Crippen molar-refractivity contribution in [2.24, 2.45) is 0 Å². The molecule has 0 saturated heterocycles. The molecular weight excluding hydrogens is 383 g/mol. The Kier molecular flexibility index (Phi) is 6.99. The maximum atomic E-state index is 13.4. The Balaban J connectivity index is 1.87. The van der Waals surface area contributed by atoms with Crippen LogP contribution in [0.3, 0.4) is 0 Å². The van der Waals surface area contributed by atoms with E-state index >= 15 is 0 Å². The molecule has 0 aromatic heterocycles. The van der Waals surface area contributed by atoms with Crippen molar-refractivity contribution in [1.82, 2.24) is 5.32 Å². The summed E-state index contributed by atoms with van der Waals surface area (Å²) in [5.74, 6) is -2.32. The largest absolute Gasteiger partial charge is 0.452 e. The number of urea groups is 1. The van der Waals surface area contributed by atoms with Gasteiger partial charge in [-0.2, -0.15) is 0 Å². The summed E-state index contributed by atoms with van der Waals surface area (Å²) in [7, 11) is 0. The van der Waals surface area contributed by atoms with E-state index in [1.54, 1.807) is 12.1 Å². The van der Waals surface area contributed by atoms with Crippen molar-refractivity contribution in [1.29, 1.82) is 0 Å². The Labute approximate surface area is 158 Å². The molecule has 0 aliphatic heterocycles. The van der Waals surface area contributed by atoms with Crippen LogP contribution in [-0.4, -0.2) is 30.8 Å². The molecule has 2 N–H and O–H groups in total. The molecule has 6 nitrogen and oxygen atoms in total. The number of ether oxygens (including phenoxy) is 1. The van der Waals surface area contributed by atoms with Crippen LogP contribution in [0.2, 0.25) is 5.02 Å². The minimum absolute atomic E-state index is 0.0875. The third-order valence-electron chi connectivity index (χ3n) is 3.10. The highest BCUT2D eigenvalue weighted by molar-refractivity contribution is 7.98. The number of anilines is 1. The first-order valence-corrected chi connectivity index (χ1v) is 8.87. The van der Waals surface area contributed by atoms with Crippen molar-refractivity contribution in [3.05, 3.63) is 58.9 Å². The standard InChI is InChI=1S/C17H14ClFN2O4S/c1-26-10-6-7-12(18)11(8-10)16(23)25-9-15(22)21-17(24)20-14-5-3-2-4-13(14)19/h2-8H,9H2,1H3,(H2,20,21,22,24). The van der Waals surface area contributed by atoms with Gasteiger partial charge in [0.05, 0.1) is 16.3 Å². The molecule has 0 fully saturated rings. The van der Waals surface area contributed by atoms with Crippen LogP contribution < -0.4 is 10.6 Å². The quantitative estimate of drug-likeness (QED) is 0.594. The predicted octanol–water partition coefficient (Wildman–Crippen LogP) is 3.71. The Bertz CT molecular complexity index is 847. The van der Waals surface area contributed by atoms with Crippen molar-refractivity contribution >= 4 is 47.0 Å². The first-order chi connectivity index (χ1) is 12.4. The molecule has 26 heavy (non-hydrogen) atoms. The lowest BCUT2D eigenvalue weighted by Crippen LogP contribution is -2.37. The van der Waals surface area contributed by atoms with Crippen LogP contribution in [0.15, 0.2) is 47.4 Å². The van der Waals surface area contributed by atoms with Gasteiger partial charge in [-0.15, -0.1) is 11.8 Å². The Morgan fingerprint density at radius 3 is 2.62 bits per heavy atom. The fourth-order valence-electron chi connectivity index (χ4n) is 1.88. The fraction of sp³-hybridized carbons (Fsp3) is 0.118. The number of para-hydroxylation sites is 1. The third kappa shape index (κ3) is 5.47. The molecule has 0 aliphatic carbocycles. The lowest BCUT2D eigenvalue weighted by molar-refractivity contribution is -0.123. The minimum Gasteiger partial charge on any atom is -0.452 e. The van der Waals surface area contributed by atoms with E-state index < -0.39 is 30.3 Å². The highest BCUT2D eigenvalue weighted by Crippen LogP contribution is 2.23. The number of nitrogens with one attached hydrogen (secondary N) is 2. The molecule has 2 aromatic carbocycles. The number of imide groups is 1. The van der Waals surface area contributed by atoms with Gasteiger partial charge in [0.15, 0.2) is 6.61 Å². The van der Waals surface area contributed by atoms with E-state index in [0.29, 0.717) is 0 Å². The van der Waals surface area contributed by atoms with Crippen LogP contribution in [-0.2, 0) is 9.53 Å². The SMILES string of the molecule is CSc1ccc(Cl)c(C(=O)OCC(=O)NC(=O)Nc2ccccc2F)c1. The molecule has 136 valence electrons. The van der Waals surface area contributed by atoms with Gasteiger partial charge in [-0.25, -0.2) is 14.0 Å². The van der Waals surface area contributed by atoms with E-state index in [2.05, 4.69) is 5.32 Å². The number of hydrogen-bond donors (Lipinski definition) is 2. The molecule has 0 bridgehead atoms. The summed E-state index contributed by atoms with van der Waals surface area (Å²) in [6.45, 7) is -0.691. The smallest absolute Gasteiger partial charge is 0.340 e. The van der Waals surface area contributed by atoms with Gasteiger partial charge in [-0.3, -0.25) is 10.1 Å². The second-order valence-electron chi connectivity index (χ2n) is 4.90. The molecular formula is C17H14ClFN2O4S. The monoisotopic (exact) mass is 396 g/mol. The summed E-state index contributed by atoms with van der Waals surface area (Å²) >= 11 is 7.36. The summed E-state index contributed by atoms with van der Waals surface area (Å²) in [5.41, 5.74) is 0.0255. The first kappa shape index (κ1) is 19.7. The molecule has 0 heterocycles. The van der Waals surface area contributed by atoms with E-state index in [0.717, 1.165) is 11.0 Å². The second-order valence-corrected chi connectivity index (χ2v) is 6.19. The summed E-state index contributed by atoms with van der Waals surface area (Å²) in [6.07, 6.45) is 1.83. The third-order valence-corrected chi connectivity index (χ3v) is 4.16. The minimum atomic E-state index is -0.946. The lowest BCUT2D eigenvalue weighted by Gasteiger charge is -2.09. The zero-order valence-electron chi connectivity index (χ0n) is 13.5. The number of thioether (sulfide) groups is 1. The Morgan fingerprint density at radius 1 is 1.19 bits per heavy atom. The summed E-state index contributed by atoms with van der Waals surface area (Å²) in [5, 5.41) is 4.29. The Morgan fingerprint density at radius 2 is 1.92 bits per heavy atom. The average Bonchev–Trinajstić information content (AvgIpc) is 2.62. The molecule has 0 spiro atoms. The number of benzene rings is 2. The topological polar surface area (TPSA) is 84.5 Å². The number of carbonyl (C=O) groups excluding carboxylic acids is 3. The summed E-state index contributed by atoms with van der Waals surface area (Å²) in [6, 6.07) is 9.35. The van der Waals surface area contributed by atoms with Gasteiger partial charge < -0.3 is 10.1 Å². The lowest BCUT2D eigenvalue weighted by atomic mass is 10.2. The molecule has 0 saturated carbocycles. The second kappa shape index (κ2) is 9.21. The average molecular weight is 397 g/mol. The maximum Gasteiger partial charge on any atom is 0.340 e. The van der Waals surface area contributed by atoms with Crippen LogP contribution in [0.1, 0.15) is 10.4 Å². The molecule has 0 radical (unpaired) electrons. The van der Waals surface area contributed by atoms with Crippen LogP contribution in [0.25, 0.3) is 0 Å². The zero-order valence-corrected chi connectivity index (χ0v) is 15.1. The Hall–Kier alpha value is -2.58.